The van der Waals surface area contributed by atoms with Crippen LogP contribution in [0.3, 0.4) is 0 Å². The Morgan fingerprint density at radius 3 is 2.60 bits per heavy atom. The molecule has 4 N–H and O–H groups in total. The number of hydrogen-bond acceptors (Lipinski definition) is 4. The molecule has 0 aromatic heterocycles. The molecular formula is C12H15N3O4S. The van der Waals surface area contributed by atoms with Crippen LogP contribution in [0.4, 0.5) is 0 Å². The van der Waals surface area contributed by atoms with Crippen molar-refractivity contribution in [1.29, 1.82) is 0 Å². The average molecular weight is 297 g/mol. The first-order valence-electron chi connectivity index (χ1n) is 5.79. The summed E-state index contributed by atoms with van der Waals surface area (Å²) >= 11 is 0. The molecule has 108 valence electrons. The molecule has 0 fully saturated rings. The molecule has 0 saturated carbocycles. The van der Waals surface area contributed by atoms with Gasteiger partial charge in [-0.05, 0) is 32.0 Å². The van der Waals surface area contributed by atoms with Crippen LogP contribution in [-0.2, 0) is 20.2 Å². The van der Waals surface area contributed by atoms with Crippen molar-refractivity contribution in [3.05, 3.63) is 29.3 Å². The van der Waals surface area contributed by atoms with E-state index in [1.807, 2.05) is 0 Å². The molecule has 1 heterocycles. The third kappa shape index (κ3) is 2.52. The lowest BCUT2D eigenvalue weighted by molar-refractivity contribution is -0.00245. The molecule has 1 aliphatic rings. The number of benzene rings is 1. The topological polar surface area (TPSA) is 125 Å². The van der Waals surface area contributed by atoms with E-state index < -0.39 is 21.3 Å². The maximum absolute atomic E-state index is 11.9. The number of amides is 1. The number of nitrogens with zero attached hydrogens (tertiary/aromatic N) is 1. The number of carbonyl (C=O) groups excluding carboxylic acids is 1. The van der Waals surface area contributed by atoms with Crippen LogP contribution in [0.15, 0.2) is 28.1 Å². The van der Waals surface area contributed by atoms with Gasteiger partial charge in [-0.3, -0.25) is 4.79 Å². The van der Waals surface area contributed by atoms with Gasteiger partial charge in [0.25, 0.3) is 5.91 Å². The van der Waals surface area contributed by atoms with Crippen LogP contribution >= 0.6 is 0 Å². The summed E-state index contributed by atoms with van der Waals surface area (Å²) in [6.45, 7) is 3.46. The van der Waals surface area contributed by atoms with Crippen LogP contribution < -0.4 is 11.5 Å². The summed E-state index contributed by atoms with van der Waals surface area (Å²) in [6.07, 6.45) is 0. The van der Waals surface area contributed by atoms with Gasteiger partial charge in [-0.2, -0.15) is 4.99 Å². The Labute approximate surface area is 116 Å². The van der Waals surface area contributed by atoms with Crippen molar-refractivity contribution >= 4 is 21.7 Å². The maximum Gasteiger partial charge on any atom is 0.280 e. The molecule has 0 radical (unpaired) electrons. The lowest BCUT2D eigenvalue weighted by Gasteiger charge is -2.32. The molecule has 1 aliphatic heterocycles. The zero-order chi connectivity index (χ0) is 15.1. The molecule has 1 amide bonds. The third-order valence-corrected chi connectivity index (χ3v) is 4.47. The molecule has 0 atom stereocenters. The van der Waals surface area contributed by atoms with Gasteiger partial charge >= 0.3 is 0 Å². The van der Waals surface area contributed by atoms with E-state index in [1.54, 1.807) is 13.8 Å². The molecule has 0 aliphatic carbocycles. The minimum Gasteiger partial charge on any atom is -0.370 e. The lowest BCUT2D eigenvalue weighted by Crippen LogP contribution is -2.33. The summed E-state index contributed by atoms with van der Waals surface area (Å²) in [5, 5.41) is 0. The van der Waals surface area contributed by atoms with Crippen molar-refractivity contribution in [3.8, 4) is 0 Å². The smallest absolute Gasteiger partial charge is 0.280 e. The van der Waals surface area contributed by atoms with Crippen LogP contribution in [0.1, 0.15) is 29.8 Å². The summed E-state index contributed by atoms with van der Waals surface area (Å²) < 4.78 is 29.2. The summed E-state index contributed by atoms with van der Waals surface area (Å²) in [7, 11) is -3.50. The SMILES string of the molecule is CC1(C)OCS(=O)(=O)c2ccc(C(=O)N=C(N)N)cc21. The molecule has 7 nitrogen and oxygen atoms in total. The minimum atomic E-state index is -3.50. The molecule has 20 heavy (non-hydrogen) atoms. The van der Waals surface area contributed by atoms with Gasteiger partial charge in [0.2, 0.25) is 9.84 Å². The van der Waals surface area contributed by atoms with Crippen molar-refractivity contribution in [2.75, 3.05) is 5.94 Å². The van der Waals surface area contributed by atoms with E-state index in [4.69, 9.17) is 16.2 Å². The predicted octanol–water partition coefficient (Wildman–Crippen LogP) is 0.0967. The first kappa shape index (κ1) is 14.5. The van der Waals surface area contributed by atoms with Gasteiger partial charge < -0.3 is 16.2 Å². The molecule has 8 heteroatoms. The van der Waals surface area contributed by atoms with Gasteiger partial charge in [0.05, 0.1) is 10.5 Å². The van der Waals surface area contributed by atoms with Crippen LogP contribution in [-0.4, -0.2) is 26.2 Å². The second kappa shape index (κ2) is 4.57. The van der Waals surface area contributed by atoms with Gasteiger partial charge in [-0.1, -0.05) is 0 Å². The number of sulfone groups is 1. The van der Waals surface area contributed by atoms with Gasteiger partial charge in [0.15, 0.2) is 11.9 Å². The zero-order valence-electron chi connectivity index (χ0n) is 11.1. The van der Waals surface area contributed by atoms with Gasteiger partial charge in [0.1, 0.15) is 0 Å². The van der Waals surface area contributed by atoms with Crippen molar-refractivity contribution in [2.45, 2.75) is 24.3 Å². The fraction of sp³-hybridized carbons (Fsp3) is 0.333. The van der Waals surface area contributed by atoms with E-state index >= 15 is 0 Å². The molecular weight excluding hydrogens is 282 g/mol. The molecule has 0 unspecified atom stereocenters. The molecule has 0 spiro atoms. The lowest BCUT2D eigenvalue weighted by atomic mass is 9.95. The fourth-order valence-corrected chi connectivity index (χ4v) is 3.44. The van der Waals surface area contributed by atoms with Crippen molar-refractivity contribution in [3.63, 3.8) is 0 Å². The monoisotopic (exact) mass is 297 g/mol. The molecule has 1 aromatic carbocycles. The zero-order valence-corrected chi connectivity index (χ0v) is 11.9. The Balaban J connectivity index is 2.60. The van der Waals surface area contributed by atoms with Gasteiger partial charge in [0, 0.05) is 11.1 Å². The number of guanidine groups is 1. The quantitative estimate of drug-likeness (QED) is 0.559. The Kier molecular flexibility index (Phi) is 3.31. The second-order valence-corrected chi connectivity index (χ2v) is 6.85. The summed E-state index contributed by atoms with van der Waals surface area (Å²) in [5.41, 5.74) is 10.1. The minimum absolute atomic E-state index is 0.162. The largest absolute Gasteiger partial charge is 0.370 e. The molecule has 2 rings (SSSR count). The number of aliphatic imine (C=N–C) groups is 1. The number of fused-ring (bicyclic) bond motifs is 1. The van der Waals surface area contributed by atoms with E-state index in [0.29, 0.717) is 5.56 Å². The van der Waals surface area contributed by atoms with Gasteiger partial charge in [-0.25, -0.2) is 8.42 Å². The van der Waals surface area contributed by atoms with E-state index in [2.05, 4.69) is 4.99 Å². The third-order valence-electron chi connectivity index (χ3n) is 3.02. The van der Waals surface area contributed by atoms with E-state index in [9.17, 15) is 13.2 Å². The highest BCUT2D eigenvalue weighted by molar-refractivity contribution is 7.91. The number of ether oxygens (including phenoxy) is 1. The number of carbonyl (C=O) groups is 1. The van der Waals surface area contributed by atoms with Crippen LogP contribution in [0.5, 0.6) is 0 Å². The molecule has 0 bridgehead atoms. The fourth-order valence-electron chi connectivity index (χ4n) is 1.95. The second-order valence-electron chi connectivity index (χ2n) is 4.94. The average Bonchev–Trinajstić information content (AvgIpc) is 2.34. The first-order chi connectivity index (χ1) is 9.13. The highest BCUT2D eigenvalue weighted by Crippen LogP contribution is 2.36. The summed E-state index contributed by atoms with van der Waals surface area (Å²) in [4.78, 5) is 15.4. The van der Waals surface area contributed by atoms with Gasteiger partial charge in [-0.15, -0.1) is 0 Å². The summed E-state index contributed by atoms with van der Waals surface area (Å²) in [5.74, 6) is -1.36. The number of hydrogen-bond donors (Lipinski definition) is 2. The number of nitrogens with two attached hydrogens (primary N) is 2. The first-order valence-corrected chi connectivity index (χ1v) is 7.44. The standard InChI is InChI=1S/C12H15N3O4S/c1-12(2)8-5-7(10(16)15-11(13)14)3-4-9(8)20(17,18)6-19-12/h3-5H,6H2,1-2H3,(H4,13,14,15,16). The van der Waals surface area contributed by atoms with Crippen molar-refractivity contribution in [1.82, 2.24) is 0 Å². The normalized spacial score (nSPS) is 18.9. The summed E-state index contributed by atoms with van der Waals surface area (Å²) in [6, 6.07) is 4.21. The predicted molar refractivity (Wildman–Crippen MR) is 72.7 cm³/mol. The Morgan fingerprint density at radius 1 is 1.35 bits per heavy atom. The van der Waals surface area contributed by atoms with Crippen molar-refractivity contribution in [2.24, 2.45) is 16.5 Å². The van der Waals surface area contributed by atoms with Crippen LogP contribution in [0, 0.1) is 0 Å². The van der Waals surface area contributed by atoms with Crippen molar-refractivity contribution < 1.29 is 17.9 Å². The van der Waals surface area contributed by atoms with E-state index in [0.717, 1.165) is 0 Å². The van der Waals surface area contributed by atoms with Crippen LogP contribution in [0.2, 0.25) is 0 Å². The number of rotatable bonds is 1. The maximum atomic E-state index is 11.9. The Morgan fingerprint density at radius 2 is 2.00 bits per heavy atom. The van der Waals surface area contributed by atoms with Crippen LogP contribution in [0.25, 0.3) is 0 Å². The highest BCUT2D eigenvalue weighted by Gasteiger charge is 2.36. The molecule has 0 saturated heterocycles. The Bertz CT molecular complexity index is 703. The Hall–Kier alpha value is -1.93. The highest BCUT2D eigenvalue weighted by atomic mass is 32.2. The van der Waals surface area contributed by atoms with E-state index in [-0.39, 0.29) is 22.4 Å². The molecule has 1 aromatic rings. The van der Waals surface area contributed by atoms with E-state index in [1.165, 1.54) is 18.2 Å².